The molecule has 0 aromatic carbocycles. The van der Waals surface area contributed by atoms with Gasteiger partial charge in [-0.3, -0.25) is 4.79 Å². The Kier molecular flexibility index (Phi) is 9.54. The van der Waals surface area contributed by atoms with Gasteiger partial charge < -0.3 is 5.11 Å². The summed E-state index contributed by atoms with van der Waals surface area (Å²) in [5.74, 6) is 0. The van der Waals surface area contributed by atoms with Gasteiger partial charge in [0.25, 0.3) is 0 Å². The number of hydrogen-bond acceptors (Lipinski definition) is 2. The van der Waals surface area contributed by atoms with Crippen LogP contribution in [0.4, 0.5) is 0 Å². The van der Waals surface area contributed by atoms with E-state index in [9.17, 15) is 9.90 Å². The number of aliphatic hydroxyl groups is 1. The minimum atomic E-state index is -0.372. The van der Waals surface area contributed by atoms with Crippen molar-refractivity contribution < 1.29 is 9.90 Å². The summed E-state index contributed by atoms with van der Waals surface area (Å²) >= 11 is 0. The molecule has 0 saturated carbocycles. The number of unbranched alkanes of at least 4 members (excludes halogenated alkanes) is 3. The number of hydrogen-bond donors (Lipinski definition) is 1. The second kappa shape index (κ2) is 10.2. The van der Waals surface area contributed by atoms with Crippen LogP contribution in [0.5, 0.6) is 0 Å². The average Bonchev–Trinajstić information content (AvgIpc) is 2.19. The Labute approximate surface area is 86.3 Å². The summed E-state index contributed by atoms with van der Waals surface area (Å²) in [6.45, 7) is 2.17. The summed E-state index contributed by atoms with van der Waals surface area (Å²) in [6.07, 6.45) is 12.3. The van der Waals surface area contributed by atoms with Crippen molar-refractivity contribution >= 4 is 6.29 Å². The fourth-order valence-corrected chi connectivity index (χ4v) is 1.18. The topological polar surface area (TPSA) is 37.3 Å². The summed E-state index contributed by atoms with van der Waals surface area (Å²) in [6, 6.07) is 0. The highest BCUT2D eigenvalue weighted by molar-refractivity contribution is 5.65. The van der Waals surface area contributed by atoms with E-state index in [-0.39, 0.29) is 6.10 Å². The van der Waals surface area contributed by atoms with Gasteiger partial charge in [0.1, 0.15) is 6.29 Å². The SMILES string of the molecule is CCCCCCC(O)/C=C/C=C/C=O. The molecule has 0 amide bonds. The lowest BCUT2D eigenvalue weighted by atomic mass is 10.1. The standard InChI is InChI=1S/C12H20O2/c1-2-3-4-6-9-12(14)10-7-5-8-11-13/h5,7-8,10-12,14H,2-4,6,9H2,1H3/b8-5+,10-7+. The zero-order valence-corrected chi connectivity index (χ0v) is 8.86. The highest BCUT2D eigenvalue weighted by Gasteiger charge is 1.96. The molecule has 2 nitrogen and oxygen atoms in total. The average molecular weight is 196 g/mol. The van der Waals surface area contributed by atoms with E-state index < -0.39 is 0 Å². The molecule has 0 aromatic heterocycles. The van der Waals surface area contributed by atoms with Crippen LogP contribution in [0.2, 0.25) is 0 Å². The first-order valence-corrected chi connectivity index (χ1v) is 5.28. The molecule has 1 unspecified atom stereocenters. The van der Waals surface area contributed by atoms with Crippen LogP contribution in [0, 0.1) is 0 Å². The molecule has 0 radical (unpaired) electrons. The van der Waals surface area contributed by atoms with Gasteiger partial charge in [0.2, 0.25) is 0 Å². The molecule has 0 aliphatic carbocycles. The molecule has 0 heterocycles. The molecule has 1 atom stereocenters. The molecular weight excluding hydrogens is 176 g/mol. The van der Waals surface area contributed by atoms with Crippen LogP contribution >= 0.6 is 0 Å². The van der Waals surface area contributed by atoms with Crippen molar-refractivity contribution in [2.24, 2.45) is 0 Å². The van der Waals surface area contributed by atoms with Crippen molar-refractivity contribution in [1.82, 2.24) is 0 Å². The van der Waals surface area contributed by atoms with Gasteiger partial charge in [-0.1, -0.05) is 50.8 Å². The molecule has 1 N–H and O–H groups in total. The summed E-state index contributed by atoms with van der Waals surface area (Å²) in [5, 5.41) is 9.44. The van der Waals surface area contributed by atoms with Gasteiger partial charge in [-0.25, -0.2) is 0 Å². The van der Waals surface area contributed by atoms with Crippen molar-refractivity contribution in [3.05, 3.63) is 24.3 Å². The molecule has 0 aliphatic rings. The second-order valence-electron chi connectivity index (χ2n) is 3.32. The molecule has 0 bridgehead atoms. The van der Waals surface area contributed by atoms with Crippen LogP contribution < -0.4 is 0 Å². The van der Waals surface area contributed by atoms with Crippen LogP contribution in [0.3, 0.4) is 0 Å². The first-order chi connectivity index (χ1) is 6.81. The van der Waals surface area contributed by atoms with Crippen LogP contribution in [0.1, 0.15) is 39.0 Å². The van der Waals surface area contributed by atoms with E-state index in [1.807, 2.05) is 0 Å². The van der Waals surface area contributed by atoms with Crippen LogP contribution in [0.15, 0.2) is 24.3 Å². The number of rotatable bonds is 8. The third-order valence-electron chi connectivity index (χ3n) is 1.99. The monoisotopic (exact) mass is 196 g/mol. The maximum atomic E-state index is 9.91. The zero-order chi connectivity index (χ0) is 10.6. The molecule has 0 fully saturated rings. The van der Waals surface area contributed by atoms with E-state index in [0.29, 0.717) is 0 Å². The van der Waals surface area contributed by atoms with Crippen molar-refractivity contribution in [3.8, 4) is 0 Å². The van der Waals surface area contributed by atoms with Crippen LogP contribution in [-0.2, 0) is 4.79 Å². The van der Waals surface area contributed by atoms with Gasteiger partial charge >= 0.3 is 0 Å². The Hall–Kier alpha value is -0.890. The highest BCUT2D eigenvalue weighted by Crippen LogP contribution is 2.06. The lowest BCUT2D eigenvalue weighted by Crippen LogP contribution is -2.00. The smallest absolute Gasteiger partial charge is 0.142 e. The molecular formula is C12H20O2. The number of allylic oxidation sites excluding steroid dienone is 3. The normalized spacial score (nSPS) is 13.9. The largest absolute Gasteiger partial charge is 0.389 e. The third-order valence-corrected chi connectivity index (χ3v) is 1.99. The van der Waals surface area contributed by atoms with E-state index in [4.69, 9.17) is 0 Å². The van der Waals surface area contributed by atoms with E-state index >= 15 is 0 Å². The number of aliphatic hydroxyl groups excluding tert-OH is 1. The highest BCUT2D eigenvalue weighted by atomic mass is 16.3. The number of aldehydes is 1. The van der Waals surface area contributed by atoms with Crippen molar-refractivity contribution in [1.29, 1.82) is 0 Å². The Balaban J connectivity index is 3.44. The predicted molar refractivity (Wildman–Crippen MR) is 59.1 cm³/mol. The van der Waals surface area contributed by atoms with Crippen LogP contribution in [0.25, 0.3) is 0 Å². The number of carbonyl (C=O) groups is 1. The van der Waals surface area contributed by atoms with Gasteiger partial charge in [-0.2, -0.15) is 0 Å². The van der Waals surface area contributed by atoms with Gasteiger partial charge in [-0.05, 0) is 12.5 Å². The minimum absolute atomic E-state index is 0.372. The summed E-state index contributed by atoms with van der Waals surface area (Å²) in [5.41, 5.74) is 0. The lowest BCUT2D eigenvalue weighted by Gasteiger charge is -2.03. The summed E-state index contributed by atoms with van der Waals surface area (Å²) in [4.78, 5) is 9.91. The Morgan fingerprint density at radius 3 is 2.57 bits per heavy atom. The van der Waals surface area contributed by atoms with E-state index in [2.05, 4.69) is 6.92 Å². The van der Waals surface area contributed by atoms with Gasteiger partial charge in [0, 0.05) is 0 Å². The lowest BCUT2D eigenvalue weighted by molar-refractivity contribution is -0.104. The second-order valence-corrected chi connectivity index (χ2v) is 3.32. The van der Waals surface area contributed by atoms with E-state index in [1.165, 1.54) is 25.3 Å². The maximum absolute atomic E-state index is 9.91. The summed E-state index contributed by atoms with van der Waals surface area (Å²) in [7, 11) is 0. The maximum Gasteiger partial charge on any atom is 0.142 e. The summed E-state index contributed by atoms with van der Waals surface area (Å²) < 4.78 is 0. The fourth-order valence-electron chi connectivity index (χ4n) is 1.18. The van der Waals surface area contributed by atoms with Crippen molar-refractivity contribution in [2.75, 3.05) is 0 Å². The van der Waals surface area contributed by atoms with Crippen LogP contribution in [-0.4, -0.2) is 17.5 Å². The fraction of sp³-hybridized carbons (Fsp3) is 0.583. The molecule has 2 heteroatoms. The van der Waals surface area contributed by atoms with E-state index in [0.717, 1.165) is 19.1 Å². The first-order valence-electron chi connectivity index (χ1n) is 5.28. The van der Waals surface area contributed by atoms with Gasteiger partial charge in [0.15, 0.2) is 0 Å². The first kappa shape index (κ1) is 13.1. The Morgan fingerprint density at radius 1 is 1.14 bits per heavy atom. The van der Waals surface area contributed by atoms with Gasteiger partial charge in [0.05, 0.1) is 6.10 Å². The molecule has 14 heavy (non-hydrogen) atoms. The molecule has 0 saturated heterocycles. The third kappa shape index (κ3) is 9.20. The number of carbonyl (C=O) groups excluding carboxylic acids is 1. The van der Waals surface area contributed by atoms with Crippen molar-refractivity contribution in [2.45, 2.75) is 45.1 Å². The Morgan fingerprint density at radius 2 is 1.93 bits per heavy atom. The molecule has 80 valence electrons. The predicted octanol–water partition coefficient (Wildman–Crippen LogP) is 2.63. The molecule has 0 rings (SSSR count). The minimum Gasteiger partial charge on any atom is -0.389 e. The quantitative estimate of drug-likeness (QED) is 0.280. The van der Waals surface area contributed by atoms with E-state index in [1.54, 1.807) is 18.2 Å². The van der Waals surface area contributed by atoms with Gasteiger partial charge in [-0.15, -0.1) is 0 Å². The molecule has 0 spiro atoms. The molecule has 0 aromatic rings. The zero-order valence-electron chi connectivity index (χ0n) is 8.86. The molecule has 0 aliphatic heterocycles. The van der Waals surface area contributed by atoms with Crippen molar-refractivity contribution in [3.63, 3.8) is 0 Å². The Bertz CT molecular complexity index is 183.